The van der Waals surface area contributed by atoms with Crippen molar-refractivity contribution in [2.75, 3.05) is 11.9 Å². The predicted molar refractivity (Wildman–Crippen MR) is 74.6 cm³/mol. The maximum Gasteiger partial charge on any atom is 0.259 e. The first-order chi connectivity index (χ1) is 10.6. The molecule has 0 bridgehead atoms. The van der Waals surface area contributed by atoms with Crippen LogP contribution in [0, 0.1) is 11.6 Å². The number of oxime groups is 1. The van der Waals surface area contributed by atoms with Crippen molar-refractivity contribution in [2.24, 2.45) is 5.16 Å². The average Bonchev–Trinajstić information content (AvgIpc) is 2.94. The van der Waals surface area contributed by atoms with Crippen molar-refractivity contribution >= 4 is 17.3 Å². The highest BCUT2D eigenvalue weighted by atomic mass is 19.2. The molecule has 22 heavy (non-hydrogen) atoms. The van der Waals surface area contributed by atoms with E-state index in [9.17, 15) is 13.6 Å². The molecule has 0 atom stereocenters. The van der Waals surface area contributed by atoms with Gasteiger partial charge in [0.1, 0.15) is 18.1 Å². The highest BCUT2D eigenvalue weighted by molar-refractivity contribution is 6.12. The predicted octanol–water partition coefficient (Wildman–Crippen LogP) is 2.79. The van der Waals surface area contributed by atoms with E-state index in [0.29, 0.717) is 11.3 Å². The molecular weight excluding hydrogens is 294 g/mol. The van der Waals surface area contributed by atoms with Gasteiger partial charge in [-0.1, -0.05) is 11.2 Å². The molecule has 1 amide bonds. The lowest BCUT2D eigenvalue weighted by Crippen LogP contribution is -2.13. The van der Waals surface area contributed by atoms with Gasteiger partial charge < -0.3 is 15.3 Å². The number of fused-ring (bicyclic) bond motifs is 1. The number of carbonyl (C=O) groups is 1. The van der Waals surface area contributed by atoms with Crippen molar-refractivity contribution < 1.29 is 23.5 Å². The summed E-state index contributed by atoms with van der Waals surface area (Å²) in [5.41, 5.74) is 1.16. The minimum atomic E-state index is -1.05. The molecule has 1 heterocycles. The summed E-state index contributed by atoms with van der Waals surface area (Å²) in [6, 6.07) is 7.85. The third-order valence-electron chi connectivity index (χ3n) is 3.22. The monoisotopic (exact) mass is 304 g/mol. The second-order valence-electron chi connectivity index (χ2n) is 4.60. The zero-order valence-electron chi connectivity index (χ0n) is 11.1. The van der Waals surface area contributed by atoms with E-state index in [-0.39, 0.29) is 23.6 Å². The minimum absolute atomic E-state index is 0.0568. The highest BCUT2D eigenvalue weighted by Gasteiger charge is 2.25. The third-order valence-corrected chi connectivity index (χ3v) is 3.22. The Labute approximate surface area is 123 Å². The number of nitrogens with zero attached hydrogens (tertiary/aromatic N) is 1. The number of carbonyl (C=O) groups excluding carboxylic acids is 1. The summed E-state index contributed by atoms with van der Waals surface area (Å²) in [6.45, 7) is 0.0568. The number of benzene rings is 2. The van der Waals surface area contributed by atoms with Crippen LogP contribution in [0.25, 0.3) is 0 Å². The van der Waals surface area contributed by atoms with E-state index in [4.69, 9.17) is 9.94 Å². The summed E-state index contributed by atoms with van der Waals surface area (Å²) < 4.78 is 31.4. The van der Waals surface area contributed by atoms with Gasteiger partial charge in [0.2, 0.25) is 0 Å². The number of nitrogens with one attached hydrogen (secondary N) is 1. The molecule has 0 saturated heterocycles. The van der Waals surface area contributed by atoms with Gasteiger partial charge in [-0.05, 0) is 24.3 Å². The van der Waals surface area contributed by atoms with Crippen LogP contribution in [0.5, 0.6) is 5.75 Å². The number of anilines is 1. The molecule has 0 aromatic heterocycles. The van der Waals surface area contributed by atoms with E-state index in [1.165, 1.54) is 12.1 Å². The molecule has 0 spiro atoms. The molecule has 2 N–H and O–H groups in total. The van der Waals surface area contributed by atoms with Crippen molar-refractivity contribution in [1.29, 1.82) is 0 Å². The van der Waals surface area contributed by atoms with Crippen LogP contribution in [0.15, 0.2) is 41.6 Å². The lowest BCUT2D eigenvalue weighted by Gasteiger charge is -2.08. The number of ether oxygens (including phenoxy) is 1. The zero-order chi connectivity index (χ0) is 15.7. The molecule has 0 saturated carbocycles. The molecule has 0 fully saturated rings. The van der Waals surface area contributed by atoms with Crippen LogP contribution < -0.4 is 10.1 Å². The Morgan fingerprint density at radius 2 is 2.05 bits per heavy atom. The molecule has 0 aliphatic carbocycles. The summed E-state index contributed by atoms with van der Waals surface area (Å²) in [5, 5.41) is 14.4. The lowest BCUT2D eigenvalue weighted by molar-refractivity contribution is 0.102. The summed E-state index contributed by atoms with van der Waals surface area (Å²) in [7, 11) is 0. The number of para-hydroxylation sites is 1. The molecule has 2 aromatic carbocycles. The van der Waals surface area contributed by atoms with Crippen molar-refractivity contribution in [3.63, 3.8) is 0 Å². The fourth-order valence-corrected chi connectivity index (χ4v) is 2.17. The van der Waals surface area contributed by atoms with Crippen molar-refractivity contribution in [2.45, 2.75) is 0 Å². The minimum Gasteiger partial charge on any atom is -0.486 e. The van der Waals surface area contributed by atoms with Crippen LogP contribution in [0.2, 0.25) is 0 Å². The van der Waals surface area contributed by atoms with Crippen molar-refractivity contribution in [3.05, 3.63) is 59.2 Å². The van der Waals surface area contributed by atoms with Crippen LogP contribution >= 0.6 is 0 Å². The number of hydrogen-bond donors (Lipinski definition) is 2. The second kappa shape index (κ2) is 5.44. The van der Waals surface area contributed by atoms with Gasteiger partial charge in [-0.15, -0.1) is 0 Å². The zero-order valence-corrected chi connectivity index (χ0v) is 11.1. The third kappa shape index (κ3) is 2.37. The van der Waals surface area contributed by atoms with Gasteiger partial charge in [0, 0.05) is 17.3 Å². The molecule has 0 radical (unpaired) electrons. The Morgan fingerprint density at radius 3 is 2.77 bits per heavy atom. The van der Waals surface area contributed by atoms with Gasteiger partial charge in [-0.3, -0.25) is 4.79 Å². The Kier molecular flexibility index (Phi) is 3.46. The van der Waals surface area contributed by atoms with Gasteiger partial charge >= 0.3 is 0 Å². The molecule has 112 valence electrons. The van der Waals surface area contributed by atoms with Crippen LogP contribution in [0.4, 0.5) is 14.5 Å². The molecule has 1 aliphatic heterocycles. The van der Waals surface area contributed by atoms with Gasteiger partial charge in [-0.25, -0.2) is 8.78 Å². The Balaban J connectivity index is 1.90. The van der Waals surface area contributed by atoms with E-state index in [1.54, 1.807) is 12.1 Å². The van der Waals surface area contributed by atoms with E-state index in [2.05, 4.69) is 10.5 Å². The van der Waals surface area contributed by atoms with Gasteiger partial charge in [0.05, 0.1) is 5.56 Å². The van der Waals surface area contributed by atoms with Crippen LogP contribution in [0.3, 0.4) is 0 Å². The van der Waals surface area contributed by atoms with Crippen LogP contribution in [-0.2, 0) is 0 Å². The topological polar surface area (TPSA) is 70.9 Å². The van der Waals surface area contributed by atoms with Crippen molar-refractivity contribution in [3.8, 4) is 5.75 Å². The van der Waals surface area contributed by atoms with Gasteiger partial charge in [-0.2, -0.15) is 0 Å². The number of hydrogen-bond acceptors (Lipinski definition) is 4. The fourth-order valence-electron chi connectivity index (χ4n) is 2.17. The van der Waals surface area contributed by atoms with Crippen molar-refractivity contribution in [1.82, 2.24) is 0 Å². The lowest BCUT2D eigenvalue weighted by atomic mass is 10.1. The Morgan fingerprint density at radius 1 is 1.23 bits per heavy atom. The Hall–Kier alpha value is -2.96. The first kappa shape index (κ1) is 14.0. The quantitative estimate of drug-likeness (QED) is 0.662. The van der Waals surface area contributed by atoms with Gasteiger partial charge in [0.25, 0.3) is 5.91 Å². The summed E-state index contributed by atoms with van der Waals surface area (Å²) in [5.74, 6) is -2.30. The molecule has 7 heteroatoms. The number of amides is 1. The fraction of sp³-hybridized carbons (Fsp3) is 0.0667. The highest BCUT2D eigenvalue weighted by Crippen LogP contribution is 2.30. The first-order valence-corrected chi connectivity index (χ1v) is 6.33. The largest absolute Gasteiger partial charge is 0.486 e. The second-order valence-corrected chi connectivity index (χ2v) is 4.60. The van der Waals surface area contributed by atoms with E-state index < -0.39 is 17.5 Å². The maximum atomic E-state index is 13.2. The summed E-state index contributed by atoms with van der Waals surface area (Å²) >= 11 is 0. The molecule has 2 aromatic rings. The van der Waals surface area contributed by atoms with E-state index >= 15 is 0 Å². The molecule has 5 nitrogen and oxygen atoms in total. The standard InChI is InChI=1S/C15H10F2N2O3/c16-11-5-4-8(6-12(11)17)18-15(20)10-3-1-2-9-13(19-21)7-22-14(9)10/h1-6,21H,7H2,(H,18,20)/b19-13+. The van der Waals surface area contributed by atoms with Crippen LogP contribution in [-0.4, -0.2) is 23.4 Å². The number of halogens is 2. The van der Waals surface area contributed by atoms with Gasteiger partial charge in [0.15, 0.2) is 11.6 Å². The number of rotatable bonds is 2. The molecular formula is C15H10F2N2O3. The summed E-state index contributed by atoms with van der Waals surface area (Å²) in [6.07, 6.45) is 0. The summed E-state index contributed by atoms with van der Waals surface area (Å²) in [4.78, 5) is 12.3. The molecule has 1 aliphatic rings. The average molecular weight is 304 g/mol. The molecule has 3 rings (SSSR count). The Bertz CT molecular complexity index is 790. The first-order valence-electron chi connectivity index (χ1n) is 6.33. The SMILES string of the molecule is O=C(Nc1ccc(F)c(F)c1)c1cccc2c1OC/C2=N\O. The normalized spacial score (nSPS) is 14.5. The van der Waals surface area contributed by atoms with E-state index in [0.717, 1.165) is 12.1 Å². The van der Waals surface area contributed by atoms with E-state index in [1.807, 2.05) is 0 Å². The van der Waals surface area contributed by atoms with Crippen LogP contribution in [0.1, 0.15) is 15.9 Å². The smallest absolute Gasteiger partial charge is 0.259 e. The maximum absolute atomic E-state index is 13.2. The molecule has 0 unspecified atom stereocenters.